The standard InChI is InChI=1S/C20H22N2O3S/c1-3-25-16-10-8-15(9-11-16)22-19(23)21-13-20(2,24)18-12-14-6-4-5-7-17(14)26-18/h4-12,24H,3,13H2,1-2H3,(H2,21,22,23)/t20-/m0/s1. The van der Waals surface area contributed by atoms with E-state index in [1.165, 1.54) is 11.3 Å². The van der Waals surface area contributed by atoms with Gasteiger partial charge in [-0.2, -0.15) is 0 Å². The molecule has 0 aliphatic carbocycles. The number of carbonyl (C=O) groups is 1. The van der Waals surface area contributed by atoms with E-state index in [1.54, 1.807) is 31.2 Å². The van der Waals surface area contributed by atoms with Gasteiger partial charge in [0, 0.05) is 15.3 Å². The summed E-state index contributed by atoms with van der Waals surface area (Å²) in [7, 11) is 0. The van der Waals surface area contributed by atoms with Crippen LogP contribution in [0.2, 0.25) is 0 Å². The van der Waals surface area contributed by atoms with Gasteiger partial charge in [-0.3, -0.25) is 0 Å². The van der Waals surface area contributed by atoms with Crippen molar-refractivity contribution in [3.05, 3.63) is 59.5 Å². The van der Waals surface area contributed by atoms with Gasteiger partial charge in [0.25, 0.3) is 0 Å². The van der Waals surface area contributed by atoms with Gasteiger partial charge in [0.1, 0.15) is 11.4 Å². The number of carbonyl (C=O) groups excluding carboxylic acids is 1. The Labute approximate surface area is 156 Å². The van der Waals surface area contributed by atoms with E-state index in [1.807, 2.05) is 37.3 Å². The molecule has 6 heteroatoms. The lowest BCUT2D eigenvalue weighted by molar-refractivity contribution is 0.0638. The predicted octanol–water partition coefficient (Wildman–Crippen LogP) is 4.33. The number of benzene rings is 2. The molecule has 3 aromatic rings. The van der Waals surface area contributed by atoms with Crippen molar-refractivity contribution in [1.29, 1.82) is 0 Å². The third kappa shape index (κ3) is 4.33. The smallest absolute Gasteiger partial charge is 0.319 e. The molecule has 0 unspecified atom stereocenters. The number of aliphatic hydroxyl groups is 1. The highest BCUT2D eigenvalue weighted by Gasteiger charge is 2.26. The molecule has 0 aliphatic heterocycles. The van der Waals surface area contributed by atoms with Crippen LogP contribution in [0.25, 0.3) is 10.1 Å². The molecule has 0 spiro atoms. The molecule has 0 bridgehead atoms. The number of hydrogen-bond donors (Lipinski definition) is 3. The molecule has 1 aromatic heterocycles. The zero-order valence-corrected chi connectivity index (χ0v) is 15.6. The Hall–Kier alpha value is -2.57. The SMILES string of the molecule is CCOc1ccc(NC(=O)NC[C@](C)(O)c2cc3ccccc3s2)cc1. The second kappa shape index (κ2) is 7.76. The first-order valence-corrected chi connectivity index (χ1v) is 9.29. The van der Waals surface area contributed by atoms with Crippen LogP contribution < -0.4 is 15.4 Å². The summed E-state index contributed by atoms with van der Waals surface area (Å²) in [5, 5.41) is 17.3. The maximum absolute atomic E-state index is 12.1. The first kappa shape index (κ1) is 18.2. The van der Waals surface area contributed by atoms with Crippen LogP contribution in [-0.2, 0) is 5.60 Å². The van der Waals surface area contributed by atoms with Crippen molar-refractivity contribution in [3.8, 4) is 5.75 Å². The van der Waals surface area contributed by atoms with Crippen molar-refractivity contribution in [3.63, 3.8) is 0 Å². The van der Waals surface area contributed by atoms with Crippen molar-refractivity contribution in [2.45, 2.75) is 19.4 Å². The van der Waals surface area contributed by atoms with Crippen LogP contribution in [-0.4, -0.2) is 24.3 Å². The number of urea groups is 1. The molecule has 3 N–H and O–H groups in total. The Morgan fingerprint density at radius 3 is 2.62 bits per heavy atom. The van der Waals surface area contributed by atoms with Crippen LogP contribution in [0.15, 0.2) is 54.6 Å². The molecular formula is C20H22N2O3S. The summed E-state index contributed by atoms with van der Waals surface area (Å²) in [5.41, 5.74) is -0.479. The van der Waals surface area contributed by atoms with Crippen molar-refractivity contribution in [2.24, 2.45) is 0 Å². The highest BCUT2D eigenvalue weighted by Crippen LogP contribution is 2.32. The van der Waals surface area contributed by atoms with E-state index in [0.29, 0.717) is 12.3 Å². The highest BCUT2D eigenvalue weighted by atomic mass is 32.1. The highest BCUT2D eigenvalue weighted by molar-refractivity contribution is 7.19. The molecular weight excluding hydrogens is 348 g/mol. The zero-order valence-electron chi connectivity index (χ0n) is 14.8. The fraction of sp³-hybridized carbons (Fsp3) is 0.250. The minimum absolute atomic E-state index is 0.114. The largest absolute Gasteiger partial charge is 0.494 e. The van der Waals surface area contributed by atoms with Crippen molar-refractivity contribution in [2.75, 3.05) is 18.5 Å². The summed E-state index contributed by atoms with van der Waals surface area (Å²) in [4.78, 5) is 12.9. The van der Waals surface area contributed by atoms with E-state index >= 15 is 0 Å². The van der Waals surface area contributed by atoms with Gasteiger partial charge in [-0.05, 0) is 55.6 Å². The van der Waals surface area contributed by atoms with Crippen LogP contribution >= 0.6 is 11.3 Å². The van der Waals surface area contributed by atoms with Crippen LogP contribution in [0.3, 0.4) is 0 Å². The summed E-state index contributed by atoms with van der Waals surface area (Å²) in [5.74, 6) is 0.756. The fourth-order valence-corrected chi connectivity index (χ4v) is 3.67. The normalized spacial score (nSPS) is 13.2. The van der Waals surface area contributed by atoms with E-state index in [4.69, 9.17) is 4.74 Å². The maximum atomic E-state index is 12.1. The van der Waals surface area contributed by atoms with E-state index in [0.717, 1.165) is 20.7 Å². The maximum Gasteiger partial charge on any atom is 0.319 e. The molecule has 2 amide bonds. The molecule has 26 heavy (non-hydrogen) atoms. The summed E-state index contributed by atoms with van der Waals surface area (Å²) in [6.07, 6.45) is 0. The Balaban J connectivity index is 1.58. The van der Waals surface area contributed by atoms with Crippen LogP contribution in [0.4, 0.5) is 10.5 Å². The molecule has 5 nitrogen and oxygen atoms in total. The molecule has 0 saturated carbocycles. The average molecular weight is 370 g/mol. The first-order valence-electron chi connectivity index (χ1n) is 8.47. The van der Waals surface area contributed by atoms with Crippen LogP contribution in [0.1, 0.15) is 18.7 Å². The van der Waals surface area contributed by atoms with E-state index in [-0.39, 0.29) is 12.6 Å². The first-order chi connectivity index (χ1) is 12.5. The number of ether oxygens (including phenoxy) is 1. The van der Waals surface area contributed by atoms with Gasteiger partial charge in [0.2, 0.25) is 0 Å². The second-order valence-electron chi connectivity index (χ2n) is 6.19. The number of amides is 2. The quantitative estimate of drug-likeness (QED) is 0.605. The average Bonchev–Trinajstić information content (AvgIpc) is 3.07. The Morgan fingerprint density at radius 1 is 1.19 bits per heavy atom. The fourth-order valence-electron chi connectivity index (χ4n) is 2.56. The van der Waals surface area contributed by atoms with Gasteiger partial charge >= 0.3 is 6.03 Å². The topological polar surface area (TPSA) is 70.6 Å². The predicted molar refractivity (Wildman–Crippen MR) is 106 cm³/mol. The number of rotatable bonds is 6. The molecule has 136 valence electrons. The molecule has 1 atom stereocenters. The summed E-state index contributed by atoms with van der Waals surface area (Å²) >= 11 is 1.53. The van der Waals surface area contributed by atoms with Gasteiger partial charge in [-0.1, -0.05) is 18.2 Å². The lowest BCUT2D eigenvalue weighted by Crippen LogP contribution is -2.40. The molecule has 0 radical (unpaired) electrons. The second-order valence-corrected chi connectivity index (χ2v) is 7.27. The van der Waals surface area contributed by atoms with Gasteiger partial charge in [0.15, 0.2) is 0 Å². The van der Waals surface area contributed by atoms with Crippen molar-refractivity contribution in [1.82, 2.24) is 5.32 Å². The molecule has 3 rings (SSSR count). The van der Waals surface area contributed by atoms with E-state index in [2.05, 4.69) is 10.6 Å². The minimum atomic E-state index is -1.14. The van der Waals surface area contributed by atoms with Crippen LogP contribution in [0.5, 0.6) is 5.75 Å². The lowest BCUT2D eigenvalue weighted by atomic mass is 10.0. The number of nitrogens with one attached hydrogen (secondary N) is 2. The monoisotopic (exact) mass is 370 g/mol. The minimum Gasteiger partial charge on any atom is -0.494 e. The zero-order chi connectivity index (χ0) is 18.6. The third-order valence-corrected chi connectivity index (χ3v) is 5.34. The van der Waals surface area contributed by atoms with Gasteiger partial charge < -0.3 is 20.5 Å². The summed E-state index contributed by atoms with van der Waals surface area (Å²) in [6, 6.07) is 16.7. The molecule has 2 aromatic carbocycles. The Morgan fingerprint density at radius 2 is 1.92 bits per heavy atom. The van der Waals surface area contributed by atoms with Crippen LogP contribution in [0, 0.1) is 0 Å². The van der Waals surface area contributed by atoms with Gasteiger partial charge in [-0.25, -0.2) is 4.79 Å². The van der Waals surface area contributed by atoms with Gasteiger partial charge in [-0.15, -0.1) is 11.3 Å². The number of anilines is 1. The van der Waals surface area contributed by atoms with Crippen molar-refractivity contribution >= 4 is 33.1 Å². The lowest BCUT2D eigenvalue weighted by Gasteiger charge is -2.22. The summed E-state index contributed by atoms with van der Waals surface area (Å²) < 4.78 is 6.48. The number of hydrogen-bond acceptors (Lipinski definition) is 4. The number of thiophene rings is 1. The molecule has 0 fully saturated rings. The third-order valence-electron chi connectivity index (χ3n) is 3.97. The van der Waals surface area contributed by atoms with E-state index < -0.39 is 5.60 Å². The molecule has 1 heterocycles. The summed E-state index contributed by atoms with van der Waals surface area (Å²) in [6.45, 7) is 4.33. The van der Waals surface area contributed by atoms with E-state index in [9.17, 15) is 9.90 Å². The molecule has 0 saturated heterocycles. The van der Waals surface area contributed by atoms with Crippen molar-refractivity contribution < 1.29 is 14.6 Å². The Kier molecular flexibility index (Phi) is 5.44. The van der Waals surface area contributed by atoms with Gasteiger partial charge in [0.05, 0.1) is 13.2 Å². The Bertz CT molecular complexity index is 854. The molecule has 0 aliphatic rings. The number of fused-ring (bicyclic) bond motifs is 1.